The highest BCUT2D eigenvalue weighted by molar-refractivity contribution is 6.34. The topological polar surface area (TPSA) is 92.5 Å². The van der Waals surface area contributed by atoms with Crippen molar-refractivity contribution in [2.45, 2.75) is 25.9 Å². The van der Waals surface area contributed by atoms with Crippen molar-refractivity contribution in [2.75, 3.05) is 6.54 Å². The molecular formula is C12H15ClN2O4. The summed E-state index contributed by atoms with van der Waals surface area (Å²) in [6.45, 7) is 3.32. The average molecular weight is 287 g/mol. The van der Waals surface area contributed by atoms with E-state index >= 15 is 0 Å². The van der Waals surface area contributed by atoms with Crippen LogP contribution in [0.5, 0.6) is 0 Å². The predicted octanol–water partition coefficient (Wildman–Crippen LogP) is 2.14. The summed E-state index contributed by atoms with van der Waals surface area (Å²) in [4.78, 5) is 22.1. The molecule has 0 aromatic heterocycles. The Morgan fingerprint density at radius 1 is 1.58 bits per heavy atom. The largest absolute Gasteiger partial charge is 0.388 e. The predicted molar refractivity (Wildman–Crippen MR) is 71.4 cm³/mol. The van der Waals surface area contributed by atoms with E-state index in [0.717, 1.165) is 0 Å². The van der Waals surface area contributed by atoms with E-state index in [-0.39, 0.29) is 22.8 Å². The Labute approximate surface area is 115 Å². The first kappa shape index (κ1) is 15.4. The first-order valence-corrected chi connectivity index (χ1v) is 6.10. The second-order valence-electron chi connectivity index (χ2n) is 4.42. The van der Waals surface area contributed by atoms with Gasteiger partial charge in [-0.15, -0.1) is 0 Å². The fraction of sp³-hybridized carbons (Fsp3) is 0.417. The number of amides is 1. The van der Waals surface area contributed by atoms with Crippen molar-refractivity contribution >= 4 is 23.2 Å². The van der Waals surface area contributed by atoms with Gasteiger partial charge in [-0.2, -0.15) is 0 Å². The first-order chi connectivity index (χ1) is 8.78. The molecule has 7 heteroatoms. The molecule has 0 radical (unpaired) electrons. The van der Waals surface area contributed by atoms with E-state index in [1.54, 1.807) is 13.8 Å². The molecule has 0 bridgehead atoms. The van der Waals surface area contributed by atoms with Crippen LogP contribution in [0, 0.1) is 10.1 Å². The third-order valence-electron chi connectivity index (χ3n) is 2.81. The fourth-order valence-electron chi connectivity index (χ4n) is 1.37. The van der Waals surface area contributed by atoms with Crippen molar-refractivity contribution in [1.82, 2.24) is 5.32 Å². The number of nitrogens with one attached hydrogen (secondary N) is 1. The summed E-state index contributed by atoms with van der Waals surface area (Å²) in [6.07, 6.45) is 0.442. The molecule has 2 N–H and O–H groups in total. The first-order valence-electron chi connectivity index (χ1n) is 5.72. The Bertz CT molecular complexity index is 503. The highest BCUT2D eigenvalue weighted by Crippen LogP contribution is 2.26. The molecule has 1 unspecified atom stereocenters. The van der Waals surface area contributed by atoms with Crippen LogP contribution < -0.4 is 5.32 Å². The Morgan fingerprint density at radius 2 is 2.21 bits per heavy atom. The van der Waals surface area contributed by atoms with E-state index in [4.69, 9.17) is 11.6 Å². The zero-order chi connectivity index (χ0) is 14.6. The number of aliphatic hydroxyl groups is 1. The molecule has 1 aromatic rings. The van der Waals surface area contributed by atoms with Gasteiger partial charge in [-0.3, -0.25) is 14.9 Å². The number of hydrogen-bond donors (Lipinski definition) is 2. The summed E-state index contributed by atoms with van der Waals surface area (Å²) in [5.74, 6) is -0.675. The summed E-state index contributed by atoms with van der Waals surface area (Å²) < 4.78 is 0. The molecule has 19 heavy (non-hydrogen) atoms. The molecule has 0 aliphatic carbocycles. The van der Waals surface area contributed by atoms with Gasteiger partial charge in [0.05, 0.1) is 15.5 Å². The van der Waals surface area contributed by atoms with E-state index in [1.807, 2.05) is 0 Å². The maximum absolute atomic E-state index is 11.9. The number of nitrogens with zero attached hydrogens (tertiary/aromatic N) is 1. The van der Waals surface area contributed by atoms with E-state index in [9.17, 15) is 20.0 Å². The Hall–Kier alpha value is -1.66. The quantitative estimate of drug-likeness (QED) is 0.640. The van der Waals surface area contributed by atoms with Crippen LogP contribution in [0.25, 0.3) is 0 Å². The minimum atomic E-state index is -1.06. The third kappa shape index (κ3) is 3.90. The van der Waals surface area contributed by atoms with Gasteiger partial charge in [-0.05, 0) is 19.4 Å². The maximum Gasteiger partial charge on any atom is 0.283 e. The summed E-state index contributed by atoms with van der Waals surface area (Å²) in [5, 5.41) is 23.1. The number of halogens is 1. The molecule has 1 atom stereocenters. The Kier molecular flexibility index (Phi) is 4.85. The van der Waals surface area contributed by atoms with Crippen molar-refractivity contribution in [3.8, 4) is 0 Å². The second kappa shape index (κ2) is 5.99. The molecule has 1 rings (SSSR count). The van der Waals surface area contributed by atoms with E-state index in [0.29, 0.717) is 6.42 Å². The summed E-state index contributed by atoms with van der Waals surface area (Å²) in [5.41, 5.74) is -1.62. The van der Waals surface area contributed by atoms with Crippen LogP contribution in [0.1, 0.15) is 30.6 Å². The van der Waals surface area contributed by atoms with Crippen LogP contribution in [0.2, 0.25) is 5.02 Å². The number of hydrogen-bond acceptors (Lipinski definition) is 4. The van der Waals surface area contributed by atoms with Crippen molar-refractivity contribution in [3.63, 3.8) is 0 Å². The van der Waals surface area contributed by atoms with Crippen LogP contribution in [-0.4, -0.2) is 28.1 Å². The molecular weight excluding hydrogens is 272 g/mol. The van der Waals surface area contributed by atoms with E-state index in [2.05, 4.69) is 5.32 Å². The van der Waals surface area contributed by atoms with Gasteiger partial charge in [0, 0.05) is 12.6 Å². The number of benzene rings is 1. The van der Waals surface area contributed by atoms with Gasteiger partial charge in [0.1, 0.15) is 5.56 Å². The van der Waals surface area contributed by atoms with Gasteiger partial charge >= 0.3 is 0 Å². The van der Waals surface area contributed by atoms with Crippen molar-refractivity contribution < 1.29 is 14.8 Å². The minimum absolute atomic E-state index is 0.00263. The smallest absolute Gasteiger partial charge is 0.283 e. The lowest BCUT2D eigenvalue weighted by Gasteiger charge is -2.21. The average Bonchev–Trinajstić information content (AvgIpc) is 2.35. The van der Waals surface area contributed by atoms with Crippen LogP contribution in [-0.2, 0) is 0 Å². The molecule has 0 aliphatic heterocycles. The van der Waals surface area contributed by atoms with Crippen LogP contribution in [0.3, 0.4) is 0 Å². The molecule has 0 heterocycles. The van der Waals surface area contributed by atoms with Crippen molar-refractivity contribution in [1.29, 1.82) is 0 Å². The van der Waals surface area contributed by atoms with Gasteiger partial charge in [0.15, 0.2) is 0 Å². The van der Waals surface area contributed by atoms with Crippen LogP contribution >= 0.6 is 11.6 Å². The van der Waals surface area contributed by atoms with Crippen molar-refractivity contribution in [2.24, 2.45) is 0 Å². The SMILES string of the molecule is CCC(C)(O)CNC(=O)c1c(Cl)cccc1[N+](=O)[O-]. The molecule has 0 saturated carbocycles. The van der Waals surface area contributed by atoms with Crippen LogP contribution in [0.4, 0.5) is 5.69 Å². The lowest BCUT2D eigenvalue weighted by atomic mass is 10.0. The second-order valence-corrected chi connectivity index (χ2v) is 4.83. The molecule has 0 spiro atoms. The number of carbonyl (C=O) groups excluding carboxylic acids is 1. The number of carbonyl (C=O) groups is 1. The molecule has 1 amide bonds. The van der Waals surface area contributed by atoms with Crippen LogP contribution in [0.15, 0.2) is 18.2 Å². The van der Waals surface area contributed by atoms with E-state index in [1.165, 1.54) is 18.2 Å². The standard InChI is InChI=1S/C12H15ClN2O4/c1-3-12(2,17)7-14-11(16)10-8(13)5-4-6-9(10)15(18)19/h4-6,17H,3,7H2,1-2H3,(H,14,16). The normalized spacial score (nSPS) is 13.7. The van der Waals surface area contributed by atoms with Gasteiger partial charge in [-0.1, -0.05) is 24.6 Å². The summed E-state index contributed by atoms with van der Waals surface area (Å²) in [6, 6.07) is 4.01. The molecule has 0 fully saturated rings. The zero-order valence-corrected chi connectivity index (χ0v) is 11.4. The van der Waals surface area contributed by atoms with Gasteiger partial charge < -0.3 is 10.4 Å². The fourth-order valence-corrected chi connectivity index (χ4v) is 1.63. The number of nitro benzene ring substituents is 1. The van der Waals surface area contributed by atoms with Gasteiger partial charge in [0.2, 0.25) is 0 Å². The van der Waals surface area contributed by atoms with Gasteiger partial charge in [-0.25, -0.2) is 0 Å². The van der Waals surface area contributed by atoms with Gasteiger partial charge in [0.25, 0.3) is 11.6 Å². The number of nitro groups is 1. The lowest BCUT2D eigenvalue weighted by molar-refractivity contribution is -0.385. The minimum Gasteiger partial charge on any atom is -0.388 e. The Morgan fingerprint density at radius 3 is 2.74 bits per heavy atom. The number of rotatable bonds is 5. The molecule has 0 saturated heterocycles. The Balaban J connectivity index is 2.97. The highest BCUT2D eigenvalue weighted by Gasteiger charge is 2.25. The summed E-state index contributed by atoms with van der Waals surface area (Å²) >= 11 is 5.82. The van der Waals surface area contributed by atoms with E-state index < -0.39 is 16.4 Å². The lowest BCUT2D eigenvalue weighted by Crippen LogP contribution is -2.40. The molecule has 0 aliphatic rings. The third-order valence-corrected chi connectivity index (χ3v) is 3.12. The maximum atomic E-state index is 11.9. The highest BCUT2D eigenvalue weighted by atomic mass is 35.5. The monoisotopic (exact) mass is 286 g/mol. The molecule has 6 nitrogen and oxygen atoms in total. The molecule has 1 aromatic carbocycles. The molecule has 104 valence electrons. The summed E-state index contributed by atoms with van der Waals surface area (Å²) in [7, 11) is 0. The zero-order valence-electron chi connectivity index (χ0n) is 10.6. The van der Waals surface area contributed by atoms with Crippen molar-refractivity contribution in [3.05, 3.63) is 38.9 Å².